The number of carbonyl (C=O) groups is 2. The summed E-state index contributed by atoms with van der Waals surface area (Å²) in [6, 6.07) is 12.6. The second-order valence-corrected chi connectivity index (χ2v) is 7.76. The standard InChI is InChI=1S/C22H25N3O4/c1-22(2,3)29-20(26)14-24(4)21(27)16-8-7-9-18(12-16)28-15-17-13-25-11-6-5-10-19(25)23-17/h5-13H,14-15H2,1-4H3. The fourth-order valence-electron chi connectivity index (χ4n) is 2.79. The van der Waals surface area contributed by atoms with Crippen LogP contribution in [-0.4, -0.2) is 45.4 Å². The average Bonchev–Trinajstić information content (AvgIpc) is 3.07. The van der Waals surface area contributed by atoms with Crippen molar-refractivity contribution < 1.29 is 19.1 Å². The highest BCUT2D eigenvalue weighted by molar-refractivity contribution is 5.96. The Balaban J connectivity index is 1.62. The average molecular weight is 395 g/mol. The third kappa shape index (κ3) is 5.57. The van der Waals surface area contributed by atoms with Crippen LogP contribution in [0, 0.1) is 0 Å². The van der Waals surface area contributed by atoms with Gasteiger partial charge in [-0.15, -0.1) is 0 Å². The van der Waals surface area contributed by atoms with Gasteiger partial charge in [0.25, 0.3) is 5.91 Å². The zero-order chi connectivity index (χ0) is 21.0. The van der Waals surface area contributed by atoms with Gasteiger partial charge < -0.3 is 18.8 Å². The minimum absolute atomic E-state index is 0.123. The molecule has 0 spiro atoms. The number of likely N-dealkylation sites (N-methyl/N-ethyl adjacent to an activating group) is 1. The van der Waals surface area contributed by atoms with Crippen LogP contribution >= 0.6 is 0 Å². The highest BCUT2D eigenvalue weighted by Crippen LogP contribution is 2.17. The maximum Gasteiger partial charge on any atom is 0.326 e. The number of pyridine rings is 1. The number of hydrogen-bond acceptors (Lipinski definition) is 5. The largest absolute Gasteiger partial charge is 0.487 e. The van der Waals surface area contributed by atoms with Crippen LogP contribution in [0.4, 0.5) is 0 Å². The Morgan fingerprint density at radius 2 is 1.93 bits per heavy atom. The molecular weight excluding hydrogens is 370 g/mol. The molecule has 0 aliphatic heterocycles. The van der Waals surface area contributed by atoms with Gasteiger partial charge >= 0.3 is 5.97 Å². The van der Waals surface area contributed by atoms with Crippen molar-refractivity contribution in [1.82, 2.24) is 14.3 Å². The first-order valence-electron chi connectivity index (χ1n) is 9.34. The van der Waals surface area contributed by atoms with Gasteiger partial charge in [0.2, 0.25) is 0 Å². The van der Waals surface area contributed by atoms with Crippen molar-refractivity contribution in [2.75, 3.05) is 13.6 Å². The van der Waals surface area contributed by atoms with Gasteiger partial charge in [-0.1, -0.05) is 12.1 Å². The van der Waals surface area contributed by atoms with Crippen molar-refractivity contribution in [1.29, 1.82) is 0 Å². The molecule has 29 heavy (non-hydrogen) atoms. The Bertz CT molecular complexity index is 987. The molecule has 3 rings (SSSR count). The van der Waals surface area contributed by atoms with E-state index in [-0.39, 0.29) is 19.1 Å². The summed E-state index contributed by atoms with van der Waals surface area (Å²) >= 11 is 0. The van der Waals surface area contributed by atoms with E-state index in [0.29, 0.717) is 11.3 Å². The number of imidazole rings is 1. The van der Waals surface area contributed by atoms with Crippen LogP contribution in [0.3, 0.4) is 0 Å². The lowest BCUT2D eigenvalue weighted by atomic mass is 10.2. The van der Waals surface area contributed by atoms with Gasteiger partial charge in [0, 0.05) is 25.0 Å². The second-order valence-electron chi connectivity index (χ2n) is 7.76. The molecular formula is C22H25N3O4. The molecule has 2 heterocycles. The normalized spacial score (nSPS) is 11.3. The predicted molar refractivity (Wildman–Crippen MR) is 109 cm³/mol. The highest BCUT2D eigenvalue weighted by Gasteiger charge is 2.20. The van der Waals surface area contributed by atoms with Gasteiger partial charge in [-0.2, -0.15) is 0 Å². The number of esters is 1. The lowest BCUT2D eigenvalue weighted by Crippen LogP contribution is -2.36. The Hall–Kier alpha value is -3.35. The summed E-state index contributed by atoms with van der Waals surface area (Å²) in [5.41, 5.74) is 1.48. The minimum atomic E-state index is -0.591. The fourth-order valence-corrected chi connectivity index (χ4v) is 2.79. The number of aromatic nitrogens is 2. The molecule has 3 aromatic rings. The van der Waals surface area contributed by atoms with Gasteiger partial charge in [0.1, 0.15) is 30.1 Å². The zero-order valence-corrected chi connectivity index (χ0v) is 17.1. The van der Waals surface area contributed by atoms with E-state index < -0.39 is 11.6 Å². The number of carbonyl (C=O) groups excluding carboxylic acids is 2. The lowest BCUT2D eigenvalue weighted by Gasteiger charge is -2.22. The van der Waals surface area contributed by atoms with Gasteiger partial charge in [0.05, 0.1) is 5.69 Å². The number of rotatable bonds is 6. The molecule has 2 aromatic heterocycles. The highest BCUT2D eigenvalue weighted by atomic mass is 16.6. The van der Waals surface area contributed by atoms with Crippen molar-refractivity contribution in [3.05, 3.63) is 66.1 Å². The SMILES string of the molecule is CN(CC(=O)OC(C)(C)C)C(=O)c1cccc(OCc2cn3ccccc3n2)c1. The molecule has 7 heteroatoms. The molecule has 1 aromatic carbocycles. The van der Waals surface area contributed by atoms with Crippen molar-refractivity contribution in [3.63, 3.8) is 0 Å². The van der Waals surface area contributed by atoms with Gasteiger partial charge in [-0.3, -0.25) is 9.59 Å². The molecule has 0 saturated heterocycles. The maximum absolute atomic E-state index is 12.6. The van der Waals surface area contributed by atoms with Crippen LogP contribution in [0.1, 0.15) is 36.8 Å². The quantitative estimate of drug-likeness (QED) is 0.599. The summed E-state index contributed by atoms with van der Waals surface area (Å²) in [5, 5.41) is 0. The molecule has 0 unspecified atom stereocenters. The Morgan fingerprint density at radius 1 is 1.14 bits per heavy atom. The monoisotopic (exact) mass is 395 g/mol. The number of ether oxygens (including phenoxy) is 2. The predicted octanol–water partition coefficient (Wildman–Crippen LogP) is 3.33. The zero-order valence-electron chi connectivity index (χ0n) is 17.1. The summed E-state index contributed by atoms with van der Waals surface area (Å²) in [6.45, 7) is 5.53. The fraction of sp³-hybridized carbons (Fsp3) is 0.318. The molecule has 0 aliphatic rings. The van der Waals surface area contributed by atoms with Crippen LogP contribution in [0.2, 0.25) is 0 Å². The third-order valence-electron chi connectivity index (χ3n) is 4.01. The van der Waals surface area contributed by atoms with E-state index in [2.05, 4.69) is 4.98 Å². The molecule has 0 bridgehead atoms. The van der Waals surface area contributed by atoms with Gasteiger partial charge in [-0.25, -0.2) is 4.98 Å². The van der Waals surface area contributed by atoms with Crippen molar-refractivity contribution in [2.24, 2.45) is 0 Å². The van der Waals surface area contributed by atoms with Crippen molar-refractivity contribution in [2.45, 2.75) is 33.0 Å². The number of hydrogen-bond donors (Lipinski definition) is 0. The van der Waals surface area contributed by atoms with Crippen LogP contribution in [0.15, 0.2) is 54.9 Å². The summed E-state index contributed by atoms with van der Waals surface area (Å²) in [4.78, 5) is 30.4. The molecule has 0 saturated carbocycles. The van der Waals surface area contributed by atoms with Crippen LogP contribution in [0.25, 0.3) is 5.65 Å². The van der Waals surface area contributed by atoms with Crippen molar-refractivity contribution in [3.8, 4) is 5.75 Å². The maximum atomic E-state index is 12.6. The van der Waals surface area contributed by atoms with E-state index in [9.17, 15) is 9.59 Å². The minimum Gasteiger partial charge on any atom is -0.487 e. The first-order valence-corrected chi connectivity index (χ1v) is 9.34. The summed E-state index contributed by atoms with van der Waals surface area (Å²) < 4.78 is 13.0. The van der Waals surface area contributed by atoms with E-state index >= 15 is 0 Å². The molecule has 0 aliphatic carbocycles. The van der Waals surface area contributed by atoms with Crippen LogP contribution < -0.4 is 4.74 Å². The van der Waals surface area contributed by atoms with E-state index in [4.69, 9.17) is 9.47 Å². The Labute approximate surface area is 169 Å². The van der Waals surface area contributed by atoms with Crippen LogP contribution in [0.5, 0.6) is 5.75 Å². The molecule has 7 nitrogen and oxygen atoms in total. The van der Waals surface area contributed by atoms with E-state index in [1.54, 1.807) is 52.1 Å². The molecule has 0 radical (unpaired) electrons. The summed E-state index contributed by atoms with van der Waals surface area (Å²) in [5.74, 6) is -0.180. The lowest BCUT2D eigenvalue weighted by molar-refractivity contribution is -0.155. The molecule has 1 amide bonds. The Morgan fingerprint density at radius 3 is 2.66 bits per heavy atom. The molecule has 0 fully saturated rings. The van der Waals surface area contributed by atoms with Crippen LogP contribution in [-0.2, 0) is 16.1 Å². The Kier molecular flexibility index (Phi) is 5.87. The first-order chi connectivity index (χ1) is 13.7. The van der Waals surface area contributed by atoms with E-state index in [0.717, 1.165) is 11.3 Å². The topological polar surface area (TPSA) is 73.1 Å². The third-order valence-corrected chi connectivity index (χ3v) is 4.01. The second kappa shape index (κ2) is 8.34. The van der Waals surface area contributed by atoms with Gasteiger partial charge in [0.15, 0.2) is 0 Å². The smallest absolute Gasteiger partial charge is 0.326 e. The van der Waals surface area contributed by atoms with E-state index in [1.165, 1.54) is 4.90 Å². The molecule has 0 atom stereocenters. The number of fused-ring (bicyclic) bond motifs is 1. The number of benzene rings is 1. The van der Waals surface area contributed by atoms with E-state index in [1.807, 2.05) is 35.0 Å². The molecule has 0 N–H and O–H groups in total. The molecule has 152 valence electrons. The number of amides is 1. The van der Waals surface area contributed by atoms with Gasteiger partial charge in [-0.05, 0) is 51.1 Å². The first kappa shape index (κ1) is 20.4. The summed E-state index contributed by atoms with van der Waals surface area (Å²) in [7, 11) is 1.57. The summed E-state index contributed by atoms with van der Waals surface area (Å²) in [6.07, 6.45) is 3.82. The van der Waals surface area contributed by atoms with Crippen molar-refractivity contribution >= 4 is 17.5 Å². The number of nitrogens with zero attached hydrogens (tertiary/aromatic N) is 3.